The zero-order valence-electron chi connectivity index (χ0n) is 12.4. The van der Waals surface area contributed by atoms with Crippen LogP contribution in [-0.4, -0.2) is 15.9 Å². The minimum Gasteiger partial charge on any atom is -0.463 e. The normalized spacial score (nSPS) is 10.9. The maximum atomic E-state index is 5.93. The predicted molar refractivity (Wildman–Crippen MR) is 106 cm³/mol. The molecule has 0 aliphatic carbocycles. The molecule has 0 bridgehead atoms. The number of thiocarbonyl (C=S) groups is 2. The molecule has 1 aromatic heterocycles. The number of furan rings is 1. The molecule has 0 radical (unpaired) electrons. The SMILES string of the molecule is C/C(=N/NC(=S)NNC(=S)Nc1ccc(Cl)c(Cl)c1)c1ccco1. The Labute approximate surface area is 159 Å². The van der Waals surface area contributed by atoms with Crippen molar-refractivity contribution in [1.82, 2.24) is 16.3 Å². The Morgan fingerprint density at radius 1 is 1.08 bits per heavy atom. The fourth-order valence-electron chi connectivity index (χ4n) is 1.55. The third kappa shape index (κ3) is 5.64. The summed E-state index contributed by atoms with van der Waals surface area (Å²) in [5.41, 5.74) is 9.43. The highest BCUT2D eigenvalue weighted by molar-refractivity contribution is 7.80. The van der Waals surface area contributed by atoms with Crippen LogP contribution in [0.25, 0.3) is 0 Å². The van der Waals surface area contributed by atoms with Crippen LogP contribution < -0.4 is 21.6 Å². The molecule has 1 heterocycles. The molecule has 0 saturated carbocycles. The molecule has 0 fully saturated rings. The number of hydrogen-bond acceptors (Lipinski definition) is 4. The van der Waals surface area contributed by atoms with E-state index in [1.165, 1.54) is 0 Å². The van der Waals surface area contributed by atoms with Crippen molar-refractivity contribution < 1.29 is 4.42 Å². The monoisotopic (exact) mass is 401 g/mol. The molecule has 0 aliphatic rings. The van der Waals surface area contributed by atoms with Crippen LogP contribution in [0, 0.1) is 0 Å². The first-order valence-corrected chi connectivity index (χ1v) is 8.19. The summed E-state index contributed by atoms with van der Waals surface area (Å²) < 4.78 is 5.21. The molecule has 24 heavy (non-hydrogen) atoms. The van der Waals surface area contributed by atoms with E-state index in [-0.39, 0.29) is 5.11 Å². The van der Waals surface area contributed by atoms with Crippen LogP contribution in [0.3, 0.4) is 0 Å². The average molecular weight is 402 g/mol. The second kappa shape index (κ2) is 8.84. The predicted octanol–water partition coefficient (Wildman–Crippen LogP) is 3.68. The van der Waals surface area contributed by atoms with E-state index < -0.39 is 0 Å². The van der Waals surface area contributed by atoms with Gasteiger partial charge in [-0.1, -0.05) is 23.2 Å². The number of hydrazone groups is 1. The molecule has 0 spiro atoms. The van der Waals surface area contributed by atoms with Crippen molar-refractivity contribution in [3.8, 4) is 0 Å². The second-order valence-electron chi connectivity index (χ2n) is 4.45. The molecule has 10 heteroatoms. The van der Waals surface area contributed by atoms with Gasteiger partial charge in [-0.05, 0) is 61.7 Å². The van der Waals surface area contributed by atoms with Crippen molar-refractivity contribution in [3.63, 3.8) is 0 Å². The third-order valence-electron chi connectivity index (χ3n) is 2.67. The Kier molecular flexibility index (Phi) is 6.80. The van der Waals surface area contributed by atoms with Crippen LogP contribution >= 0.6 is 47.6 Å². The largest absolute Gasteiger partial charge is 0.463 e. The number of benzene rings is 1. The molecule has 6 nitrogen and oxygen atoms in total. The summed E-state index contributed by atoms with van der Waals surface area (Å²) in [5, 5.41) is 8.44. The number of nitrogens with one attached hydrogen (secondary N) is 4. The molecular formula is C14H13Cl2N5OS2. The van der Waals surface area contributed by atoms with Crippen LogP contribution in [0.2, 0.25) is 10.0 Å². The van der Waals surface area contributed by atoms with Crippen molar-refractivity contribution in [2.24, 2.45) is 5.10 Å². The highest BCUT2D eigenvalue weighted by Gasteiger charge is 2.03. The molecule has 0 saturated heterocycles. The number of halogens is 2. The van der Waals surface area contributed by atoms with Crippen molar-refractivity contribution >= 4 is 69.3 Å². The van der Waals surface area contributed by atoms with E-state index in [1.807, 2.05) is 0 Å². The lowest BCUT2D eigenvalue weighted by Gasteiger charge is -2.13. The minimum absolute atomic E-state index is 0.235. The maximum absolute atomic E-state index is 5.93. The lowest BCUT2D eigenvalue weighted by Crippen LogP contribution is -2.47. The molecule has 1 aromatic carbocycles. The van der Waals surface area contributed by atoms with Gasteiger partial charge in [-0.2, -0.15) is 5.10 Å². The zero-order valence-corrected chi connectivity index (χ0v) is 15.5. The standard InChI is InChI=1S/C14H13Cl2N5OS2/c1-8(12-3-2-6-22-12)18-20-14(24)21-19-13(23)17-9-4-5-10(15)11(16)7-9/h2-7H,1H3,(H2,17,19,23)(H2,20,21,24)/b18-8-. The Hall–Kier alpha value is -1.87. The first kappa shape index (κ1) is 18.5. The van der Waals surface area contributed by atoms with Gasteiger partial charge in [0, 0.05) is 5.69 Å². The van der Waals surface area contributed by atoms with E-state index in [0.29, 0.717) is 32.3 Å². The van der Waals surface area contributed by atoms with Gasteiger partial charge in [-0.25, -0.2) is 0 Å². The van der Waals surface area contributed by atoms with Gasteiger partial charge in [0.15, 0.2) is 5.11 Å². The summed E-state index contributed by atoms with van der Waals surface area (Å²) in [7, 11) is 0. The van der Waals surface area contributed by atoms with Gasteiger partial charge >= 0.3 is 0 Å². The Morgan fingerprint density at radius 3 is 2.50 bits per heavy atom. The fraction of sp³-hybridized carbons (Fsp3) is 0.0714. The van der Waals surface area contributed by atoms with Crippen molar-refractivity contribution in [2.75, 3.05) is 5.32 Å². The van der Waals surface area contributed by atoms with Crippen LogP contribution in [0.1, 0.15) is 12.7 Å². The smallest absolute Gasteiger partial charge is 0.205 e. The Bertz CT molecular complexity index is 765. The van der Waals surface area contributed by atoms with Gasteiger partial charge in [0.1, 0.15) is 11.5 Å². The minimum atomic E-state index is 0.235. The summed E-state index contributed by atoms with van der Waals surface area (Å²) in [6, 6.07) is 8.65. The van der Waals surface area contributed by atoms with Crippen LogP contribution in [0.4, 0.5) is 5.69 Å². The summed E-state index contributed by atoms with van der Waals surface area (Å²) in [5.74, 6) is 0.648. The molecule has 126 valence electrons. The zero-order chi connectivity index (χ0) is 17.5. The molecule has 2 aromatic rings. The highest BCUT2D eigenvalue weighted by Crippen LogP contribution is 2.24. The van der Waals surface area contributed by atoms with Gasteiger partial charge in [-0.3, -0.25) is 16.3 Å². The maximum Gasteiger partial charge on any atom is 0.205 e. The summed E-state index contributed by atoms with van der Waals surface area (Å²) in [4.78, 5) is 0. The molecule has 4 N–H and O–H groups in total. The van der Waals surface area contributed by atoms with E-state index in [1.54, 1.807) is 43.5 Å². The van der Waals surface area contributed by atoms with Crippen LogP contribution in [0.5, 0.6) is 0 Å². The van der Waals surface area contributed by atoms with E-state index in [4.69, 9.17) is 52.1 Å². The van der Waals surface area contributed by atoms with Gasteiger partial charge in [0.25, 0.3) is 0 Å². The lowest BCUT2D eigenvalue weighted by molar-refractivity contribution is 0.556. The van der Waals surface area contributed by atoms with Gasteiger partial charge in [-0.15, -0.1) is 0 Å². The second-order valence-corrected chi connectivity index (χ2v) is 6.08. The molecular weight excluding hydrogens is 389 g/mol. The third-order valence-corrected chi connectivity index (χ3v) is 3.81. The summed E-state index contributed by atoms with van der Waals surface area (Å²) in [6.45, 7) is 1.79. The summed E-state index contributed by atoms with van der Waals surface area (Å²) >= 11 is 22.0. The number of hydrazine groups is 1. The Balaban J connectivity index is 1.77. The summed E-state index contributed by atoms with van der Waals surface area (Å²) in [6.07, 6.45) is 1.57. The number of nitrogens with zero attached hydrogens (tertiary/aromatic N) is 1. The van der Waals surface area contributed by atoms with E-state index >= 15 is 0 Å². The van der Waals surface area contributed by atoms with Crippen LogP contribution in [-0.2, 0) is 0 Å². The number of anilines is 1. The molecule has 0 aliphatic heterocycles. The highest BCUT2D eigenvalue weighted by atomic mass is 35.5. The number of hydrogen-bond donors (Lipinski definition) is 4. The van der Waals surface area contributed by atoms with Gasteiger partial charge < -0.3 is 9.73 Å². The van der Waals surface area contributed by atoms with Crippen LogP contribution in [0.15, 0.2) is 46.1 Å². The molecule has 0 atom stereocenters. The van der Waals surface area contributed by atoms with E-state index in [9.17, 15) is 0 Å². The van der Waals surface area contributed by atoms with E-state index in [0.717, 1.165) is 0 Å². The lowest BCUT2D eigenvalue weighted by atomic mass is 10.3. The first-order valence-electron chi connectivity index (χ1n) is 6.62. The first-order chi connectivity index (χ1) is 11.5. The van der Waals surface area contributed by atoms with E-state index in [2.05, 4.69) is 26.7 Å². The molecule has 0 unspecified atom stereocenters. The number of rotatable bonds is 3. The fourth-order valence-corrected chi connectivity index (χ4v) is 2.12. The van der Waals surface area contributed by atoms with Crippen molar-refractivity contribution in [2.45, 2.75) is 6.92 Å². The van der Waals surface area contributed by atoms with Gasteiger partial charge in [0.05, 0.1) is 16.3 Å². The van der Waals surface area contributed by atoms with Crippen molar-refractivity contribution in [1.29, 1.82) is 0 Å². The molecule has 2 rings (SSSR count). The van der Waals surface area contributed by atoms with Gasteiger partial charge in [0.2, 0.25) is 5.11 Å². The Morgan fingerprint density at radius 2 is 1.83 bits per heavy atom. The molecule has 0 amide bonds. The van der Waals surface area contributed by atoms with Crippen molar-refractivity contribution in [3.05, 3.63) is 52.4 Å². The average Bonchev–Trinajstić information content (AvgIpc) is 3.08. The topological polar surface area (TPSA) is 73.6 Å². The quantitative estimate of drug-likeness (QED) is 0.355.